The van der Waals surface area contributed by atoms with Gasteiger partial charge >= 0.3 is 5.97 Å². The molecular weight excluding hydrogens is 243 g/mol. The highest BCUT2D eigenvalue weighted by molar-refractivity contribution is 5.70. The number of halogens is 1. The number of aromatic hydroxyl groups is 1. The smallest absolute Gasteiger partial charge is 0.306 e. The van der Waals surface area contributed by atoms with Crippen LogP contribution in [-0.4, -0.2) is 30.4 Å². The molecule has 0 aliphatic heterocycles. The van der Waals surface area contributed by atoms with Gasteiger partial charge in [0.2, 0.25) is 0 Å². The molecule has 0 aliphatic carbocycles. The average molecular weight is 258 g/mol. The lowest BCUT2D eigenvalue weighted by Crippen LogP contribution is -2.13. The number of phenolic OH excluding ortho intramolecular Hbond substituents is 1. The Bertz CT molecular complexity index is 458. The maximum Gasteiger partial charge on any atom is 0.306 e. The van der Waals surface area contributed by atoms with E-state index in [2.05, 4.69) is 0 Å². The van der Waals surface area contributed by atoms with Gasteiger partial charge in [-0.3, -0.25) is 4.79 Å². The first-order chi connectivity index (χ1) is 8.42. The largest absolute Gasteiger partial charge is 0.505 e. The van der Waals surface area contributed by atoms with E-state index in [1.165, 1.54) is 21.1 Å². The van der Waals surface area contributed by atoms with Crippen LogP contribution in [0.3, 0.4) is 0 Å². The summed E-state index contributed by atoms with van der Waals surface area (Å²) in [6, 6.07) is 0.989. The van der Waals surface area contributed by atoms with Crippen molar-refractivity contribution in [1.82, 2.24) is 0 Å². The fourth-order valence-electron chi connectivity index (χ4n) is 1.61. The molecule has 0 fully saturated rings. The number of carbonyl (C=O) groups is 1. The van der Waals surface area contributed by atoms with Crippen LogP contribution in [-0.2, 0) is 11.2 Å². The number of phenols is 1. The van der Waals surface area contributed by atoms with Crippen molar-refractivity contribution in [2.75, 3.05) is 14.2 Å². The van der Waals surface area contributed by atoms with Crippen molar-refractivity contribution in [3.05, 3.63) is 17.4 Å². The zero-order chi connectivity index (χ0) is 13.9. The lowest BCUT2D eigenvalue weighted by molar-refractivity contribution is -0.141. The van der Waals surface area contributed by atoms with Crippen LogP contribution >= 0.6 is 0 Å². The summed E-state index contributed by atoms with van der Waals surface area (Å²) in [6.45, 7) is 1.46. The molecule has 0 saturated carbocycles. The third kappa shape index (κ3) is 2.64. The summed E-state index contributed by atoms with van der Waals surface area (Å²) in [6.07, 6.45) is -0.0571. The Morgan fingerprint density at radius 2 is 2.06 bits per heavy atom. The van der Waals surface area contributed by atoms with Crippen LogP contribution in [0.15, 0.2) is 6.07 Å². The number of hydrogen-bond donors (Lipinski definition) is 2. The monoisotopic (exact) mass is 258 g/mol. The molecule has 0 saturated heterocycles. The summed E-state index contributed by atoms with van der Waals surface area (Å²) in [5.41, 5.74) is 0.0873. The predicted molar refractivity (Wildman–Crippen MR) is 61.7 cm³/mol. The molecule has 0 amide bonds. The first-order valence-electron chi connectivity index (χ1n) is 5.27. The molecule has 1 aromatic rings. The van der Waals surface area contributed by atoms with Crippen LogP contribution in [0.4, 0.5) is 4.39 Å². The van der Waals surface area contributed by atoms with Crippen LogP contribution in [0.25, 0.3) is 0 Å². The standard InChI is InChI=1S/C12H15FO5/c1-6(12(15)16)4-7-10(14)8(13)5-9(17-2)11(7)18-3/h5-6,14H,4H2,1-3H3,(H,15,16). The molecule has 1 rings (SSSR count). The molecule has 0 heterocycles. The lowest BCUT2D eigenvalue weighted by Gasteiger charge is -2.16. The Morgan fingerprint density at radius 3 is 2.50 bits per heavy atom. The van der Waals surface area contributed by atoms with Gasteiger partial charge in [-0.2, -0.15) is 0 Å². The van der Waals surface area contributed by atoms with Gasteiger partial charge in [0.05, 0.1) is 20.1 Å². The molecule has 0 aromatic heterocycles. The highest BCUT2D eigenvalue weighted by atomic mass is 19.1. The number of rotatable bonds is 5. The van der Waals surface area contributed by atoms with Crippen LogP contribution < -0.4 is 9.47 Å². The average Bonchev–Trinajstić information content (AvgIpc) is 2.34. The fourth-order valence-corrected chi connectivity index (χ4v) is 1.61. The van der Waals surface area contributed by atoms with Crippen LogP contribution in [0, 0.1) is 11.7 Å². The van der Waals surface area contributed by atoms with E-state index in [1.54, 1.807) is 0 Å². The first-order valence-corrected chi connectivity index (χ1v) is 5.27. The number of aliphatic carboxylic acids is 1. The topological polar surface area (TPSA) is 76.0 Å². The molecule has 1 aromatic carbocycles. The first kappa shape index (κ1) is 14.1. The van der Waals surface area contributed by atoms with E-state index in [4.69, 9.17) is 14.6 Å². The maximum absolute atomic E-state index is 13.5. The van der Waals surface area contributed by atoms with Crippen LogP contribution in [0.2, 0.25) is 0 Å². The third-order valence-corrected chi connectivity index (χ3v) is 2.62. The minimum Gasteiger partial charge on any atom is -0.505 e. The Hall–Kier alpha value is -1.98. The fraction of sp³-hybridized carbons (Fsp3) is 0.417. The van der Waals surface area contributed by atoms with Gasteiger partial charge in [0.1, 0.15) is 0 Å². The van der Waals surface area contributed by atoms with Gasteiger partial charge < -0.3 is 19.7 Å². The molecule has 0 bridgehead atoms. The summed E-state index contributed by atoms with van der Waals surface area (Å²) in [5.74, 6) is -3.05. The van der Waals surface area contributed by atoms with Gasteiger partial charge in [0.25, 0.3) is 0 Å². The molecule has 0 aliphatic rings. The normalized spacial score (nSPS) is 12.0. The third-order valence-electron chi connectivity index (χ3n) is 2.62. The lowest BCUT2D eigenvalue weighted by atomic mass is 9.99. The van der Waals surface area contributed by atoms with Gasteiger partial charge in [0.15, 0.2) is 23.1 Å². The quantitative estimate of drug-likeness (QED) is 0.842. The number of ether oxygens (including phenoxy) is 2. The predicted octanol–water partition coefficient (Wildman–Crippen LogP) is 1.81. The molecular formula is C12H15FO5. The number of hydrogen-bond acceptors (Lipinski definition) is 4. The van der Waals surface area contributed by atoms with Crippen LogP contribution in [0.5, 0.6) is 17.2 Å². The number of benzene rings is 1. The maximum atomic E-state index is 13.5. The Kier molecular flexibility index (Phi) is 4.36. The molecule has 6 heteroatoms. The molecule has 18 heavy (non-hydrogen) atoms. The molecule has 1 unspecified atom stereocenters. The molecule has 0 spiro atoms. The van der Waals surface area contributed by atoms with E-state index in [-0.39, 0.29) is 23.5 Å². The Morgan fingerprint density at radius 1 is 1.44 bits per heavy atom. The van der Waals surface area contributed by atoms with E-state index in [0.717, 1.165) is 6.07 Å². The number of methoxy groups -OCH3 is 2. The summed E-state index contributed by atoms with van der Waals surface area (Å²) in [5, 5.41) is 18.5. The Balaban J connectivity index is 3.30. The van der Waals surface area contributed by atoms with Crippen molar-refractivity contribution in [3.63, 3.8) is 0 Å². The van der Waals surface area contributed by atoms with Crippen molar-refractivity contribution < 1.29 is 28.9 Å². The van der Waals surface area contributed by atoms with Gasteiger partial charge in [-0.15, -0.1) is 0 Å². The highest BCUT2D eigenvalue weighted by Gasteiger charge is 2.23. The molecule has 100 valence electrons. The minimum atomic E-state index is -1.04. The molecule has 5 nitrogen and oxygen atoms in total. The van der Waals surface area contributed by atoms with Gasteiger partial charge in [-0.1, -0.05) is 6.92 Å². The van der Waals surface area contributed by atoms with Crippen molar-refractivity contribution in [2.24, 2.45) is 5.92 Å². The SMILES string of the molecule is COc1cc(F)c(O)c(CC(C)C(=O)O)c1OC. The second kappa shape index (κ2) is 5.57. The van der Waals surface area contributed by atoms with Crippen molar-refractivity contribution in [3.8, 4) is 17.2 Å². The second-order valence-electron chi connectivity index (χ2n) is 3.86. The summed E-state index contributed by atoms with van der Waals surface area (Å²) >= 11 is 0. The van der Waals surface area contributed by atoms with E-state index < -0.39 is 23.5 Å². The van der Waals surface area contributed by atoms with E-state index in [1.807, 2.05) is 0 Å². The molecule has 0 radical (unpaired) electrons. The highest BCUT2D eigenvalue weighted by Crippen LogP contribution is 2.40. The van der Waals surface area contributed by atoms with Gasteiger partial charge in [-0.25, -0.2) is 4.39 Å². The molecule has 2 N–H and O–H groups in total. The minimum absolute atomic E-state index is 0.0571. The zero-order valence-corrected chi connectivity index (χ0v) is 10.4. The van der Waals surface area contributed by atoms with E-state index in [0.29, 0.717) is 0 Å². The number of carboxylic acid groups (broad SMARTS) is 1. The molecule has 1 atom stereocenters. The van der Waals surface area contributed by atoms with Crippen molar-refractivity contribution >= 4 is 5.97 Å². The van der Waals surface area contributed by atoms with Crippen molar-refractivity contribution in [2.45, 2.75) is 13.3 Å². The van der Waals surface area contributed by atoms with Crippen LogP contribution in [0.1, 0.15) is 12.5 Å². The van der Waals surface area contributed by atoms with E-state index in [9.17, 15) is 14.3 Å². The Labute approximate surface area is 104 Å². The van der Waals surface area contributed by atoms with Crippen molar-refractivity contribution in [1.29, 1.82) is 0 Å². The summed E-state index contributed by atoms with van der Waals surface area (Å²) in [4.78, 5) is 10.8. The number of carboxylic acids is 1. The van der Waals surface area contributed by atoms with Gasteiger partial charge in [-0.05, 0) is 6.42 Å². The zero-order valence-electron chi connectivity index (χ0n) is 10.4. The van der Waals surface area contributed by atoms with E-state index >= 15 is 0 Å². The van der Waals surface area contributed by atoms with Gasteiger partial charge in [0, 0.05) is 11.6 Å². The summed E-state index contributed by atoms with van der Waals surface area (Å²) in [7, 11) is 2.67. The second-order valence-corrected chi connectivity index (χ2v) is 3.86. The summed E-state index contributed by atoms with van der Waals surface area (Å²) < 4.78 is 23.4.